The van der Waals surface area contributed by atoms with Crippen molar-refractivity contribution in [3.8, 4) is 5.75 Å². The summed E-state index contributed by atoms with van der Waals surface area (Å²) in [5.74, 6) is 0.565. The Kier molecular flexibility index (Phi) is 4.19. The Labute approximate surface area is 168 Å². The molecule has 0 amide bonds. The van der Waals surface area contributed by atoms with Crippen LogP contribution in [0.5, 0.6) is 5.75 Å². The number of benzene rings is 2. The van der Waals surface area contributed by atoms with Crippen LogP contribution >= 0.6 is 12.2 Å². The summed E-state index contributed by atoms with van der Waals surface area (Å²) in [6, 6.07) is 9.35. The number of allylic oxidation sites excluding steroid dienone is 1. The highest BCUT2D eigenvalue weighted by Crippen LogP contribution is 2.40. The van der Waals surface area contributed by atoms with E-state index >= 15 is 0 Å². The largest absolute Gasteiger partial charge is 0.431 e. The number of ether oxygens (including phenoxy) is 1. The van der Waals surface area contributed by atoms with Crippen molar-refractivity contribution < 1.29 is 9.15 Å². The molecule has 144 valence electrons. The predicted molar refractivity (Wildman–Crippen MR) is 118 cm³/mol. The van der Waals surface area contributed by atoms with Gasteiger partial charge in [-0.1, -0.05) is 18.2 Å². The van der Waals surface area contributed by atoms with E-state index < -0.39 is 0 Å². The summed E-state index contributed by atoms with van der Waals surface area (Å²) in [7, 11) is 3.65. The summed E-state index contributed by atoms with van der Waals surface area (Å²) in [6.07, 6.45) is 2.13. The summed E-state index contributed by atoms with van der Waals surface area (Å²) < 4.78 is 11.6. The second-order valence-electron chi connectivity index (χ2n) is 7.87. The summed E-state index contributed by atoms with van der Waals surface area (Å²) in [6.45, 7) is 6.22. The molecule has 0 radical (unpaired) electrons. The molecule has 1 N–H and O–H groups in total. The molecule has 0 spiro atoms. The zero-order valence-corrected chi connectivity index (χ0v) is 17.4. The zero-order chi connectivity index (χ0) is 20.2. The molecule has 0 bridgehead atoms. The molecule has 1 aromatic heterocycles. The molecule has 0 atom stereocenters. The fraction of sp³-hybridized carbons (Fsp3) is 0.273. The molecule has 0 saturated carbocycles. The minimum Gasteiger partial charge on any atom is -0.431 e. The summed E-state index contributed by atoms with van der Waals surface area (Å²) in [5.41, 5.74) is 2.76. The lowest BCUT2D eigenvalue weighted by Crippen LogP contribution is -2.31. The predicted octanol–water partition coefficient (Wildman–Crippen LogP) is 4.78. The maximum absolute atomic E-state index is 12.9. The Bertz CT molecular complexity index is 1220. The van der Waals surface area contributed by atoms with Crippen molar-refractivity contribution in [2.75, 3.05) is 19.4 Å². The van der Waals surface area contributed by atoms with Crippen LogP contribution in [0.1, 0.15) is 26.3 Å². The van der Waals surface area contributed by atoms with Gasteiger partial charge in [0.1, 0.15) is 11.3 Å². The van der Waals surface area contributed by atoms with Crippen molar-refractivity contribution >= 4 is 50.4 Å². The van der Waals surface area contributed by atoms with E-state index in [2.05, 4.69) is 25.2 Å². The number of hydrogen-bond donors (Lipinski definition) is 1. The van der Waals surface area contributed by atoms with Gasteiger partial charge in [0.05, 0.1) is 16.3 Å². The van der Waals surface area contributed by atoms with Crippen molar-refractivity contribution in [1.82, 2.24) is 4.90 Å². The van der Waals surface area contributed by atoms with Crippen LogP contribution in [0.4, 0.5) is 5.69 Å². The minimum atomic E-state index is -0.360. The smallest absolute Gasteiger partial charge is 0.344 e. The van der Waals surface area contributed by atoms with Gasteiger partial charge in [-0.2, -0.15) is 0 Å². The Morgan fingerprint density at radius 1 is 1.18 bits per heavy atom. The maximum Gasteiger partial charge on any atom is 0.344 e. The minimum absolute atomic E-state index is 0.187. The molecule has 4 rings (SSSR count). The number of hydrogen-bond acceptors (Lipinski definition) is 5. The Morgan fingerprint density at radius 2 is 1.93 bits per heavy atom. The summed E-state index contributed by atoms with van der Waals surface area (Å²) >= 11 is 5.30. The topological polar surface area (TPSA) is 54.7 Å². The van der Waals surface area contributed by atoms with Crippen molar-refractivity contribution in [1.29, 1.82) is 0 Å². The molecule has 1 aliphatic heterocycles. The lowest BCUT2D eigenvalue weighted by Gasteiger charge is -2.32. The van der Waals surface area contributed by atoms with Crippen LogP contribution in [0.2, 0.25) is 0 Å². The molecule has 0 fully saturated rings. The lowest BCUT2D eigenvalue weighted by molar-refractivity contribution is 0.452. The van der Waals surface area contributed by atoms with E-state index in [1.807, 2.05) is 39.2 Å². The summed E-state index contributed by atoms with van der Waals surface area (Å²) in [5, 5.41) is 5.89. The number of anilines is 1. The van der Waals surface area contributed by atoms with Crippen LogP contribution in [0.25, 0.3) is 27.3 Å². The first-order valence-electron chi connectivity index (χ1n) is 9.07. The van der Waals surface area contributed by atoms with Crippen molar-refractivity contribution in [3.63, 3.8) is 0 Å². The van der Waals surface area contributed by atoms with Gasteiger partial charge in [0.25, 0.3) is 5.17 Å². The van der Waals surface area contributed by atoms with Crippen LogP contribution < -0.4 is 15.7 Å². The van der Waals surface area contributed by atoms with Gasteiger partial charge in [-0.25, -0.2) is 4.79 Å². The van der Waals surface area contributed by atoms with E-state index in [9.17, 15) is 4.79 Å². The molecule has 0 aliphatic carbocycles. The fourth-order valence-electron chi connectivity index (χ4n) is 3.82. The van der Waals surface area contributed by atoms with Crippen molar-refractivity contribution in [3.05, 3.63) is 52.4 Å². The van der Waals surface area contributed by atoms with Gasteiger partial charge in [-0.05, 0) is 56.8 Å². The Morgan fingerprint density at radius 3 is 2.64 bits per heavy atom. The average Bonchev–Trinajstić information content (AvgIpc) is 2.60. The Hall–Kier alpha value is -2.86. The highest BCUT2D eigenvalue weighted by atomic mass is 32.1. The van der Waals surface area contributed by atoms with Crippen molar-refractivity contribution in [2.45, 2.75) is 26.3 Å². The third-order valence-electron chi connectivity index (χ3n) is 4.86. The van der Waals surface area contributed by atoms with Crippen molar-refractivity contribution in [2.24, 2.45) is 0 Å². The monoisotopic (exact) mass is 394 g/mol. The van der Waals surface area contributed by atoms with Crippen LogP contribution in [0.3, 0.4) is 0 Å². The number of nitrogens with one attached hydrogen (secondary N) is 1. The first-order valence-corrected chi connectivity index (χ1v) is 9.48. The SMILES string of the molecule is CC1=CC(C)(C)Nc2ccc3c(c21)c(=O)oc1cccc(OC(=S)N(C)C)c13. The van der Waals surface area contributed by atoms with Gasteiger partial charge in [0.2, 0.25) is 0 Å². The molecule has 2 aromatic carbocycles. The molecule has 2 heterocycles. The molecular formula is C22H22N2O3S. The molecule has 5 nitrogen and oxygen atoms in total. The van der Waals surface area contributed by atoms with Gasteiger partial charge >= 0.3 is 5.63 Å². The average molecular weight is 394 g/mol. The maximum atomic E-state index is 12.9. The molecule has 1 aliphatic rings. The molecule has 6 heteroatoms. The van der Waals surface area contributed by atoms with E-state index in [0.717, 1.165) is 27.6 Å². The van der Waals surface area contributed by atoms with E-state index in [-0.39, 0.29) is 11.2 Å². The first kappa shape index (κ1) is 18.5. The number of nitrogens with zero attached hydrogens (tertiary/aromatic N) is 1. The van der Waals surface area contributed by atoms with E-state index in [4.69, 9.17) is 21.4 Å². The van der Waals surface area contributed by atoms with Gasteiger partial charge in [-0.3, -0.25) is 0 Å². The van der Waals surface area contributed by atoms with Crippen LogP contribution in [-0.2, 0) is 0 Å². The fourth-order valence-corrected chi connectivity index (χ4v) is 3.91. The van der Waals surface area contributed by atoms with Gasteiger partial charge < -0.3 is 19.4 Å². The molecule has 3 aromatic rings. The number of fused-ring (bicyclic) bond motifs is 5. The van der Waals surface area contributed by atoms with E-state index in [1.165, 1.54) is 0 Å². The van der Waals surface area contributed by atoms with Crippen LogP contribution in [-0.4, -0.2) is 29.7 Å². The van der Waals surface area contributed by atoms with Crippen LogP contribution in [0.15, 0.2) is 45.6 Å². The lowest BCUT2D eigenvalue weighted by atomic mass is 9.88. The highest BCUT2D eigenvalue weighted by molar-refractivity contribution is 7.80. The second kappa shape index (κ2) is 6.34. The number of rotatable bonds is 1. The number of thiocarbonyl (C=S) groups is 1. The molecule has 0 saturated heterocycles. The summed E-state index contributed by atoms with van der Waals surface area (Å²) in [4.78, 5) is 14.6. The third-order valence-corrected chi connectivity index (χ3v) is 5.31. The quantitative estimate of drug-likeness (QED) is 0.364. The third kappa shape index (κ3) is 2.94. The van der Waals surface area contributed by atoms with Gasteiger partial charge in [0, 0.05) is 30.7 Å². The van der Waals surface area contributed by atoms with Gasteiger partial charge in [-0.15, -0.1) is 0 Å². The van der Waals surface area contributed by atoms with Gasteiger partial charge in [0.15, 0.2) is 0 Å². The molecular weight excluding hydrogens is 372 g/mol. The van der Waals surface area contributed by atoms with E-state index in [0.29, 0.717) is 21.9 Å². The second-order valence-corrected chi connectivity index (χ2v) is 8.22. The first-order chi connectivity index (χ1) is 13.2. The molecule has 0 unspecified atom stereocenters. The molecule has 28 heavy (non-hydrogen) atoms. The zero-order valence-electron chi connectivity index (χ0n) is 16.5. The van der Waals surface area contributed by atoms with Crippen LogP contribution in [0, 0.1) is 0 Å². The standard InChI is InChI=1S/C22H22N2O3S/c1-12-11-22(2,3)23-14-10-9-13-18-15(26-20(25)19(13)17(12)14)7-6-8-16(18)27-21(28)24(4)5/h6-11,23H,1-5H3. The van der Waals surface area contributed by atoms with E-state index in [1.54, 1.807) is 17.0 Å². The Balaban J connectivity index is 2.07. The normalized spacial score (nSPS) is 15.0. The highest BCUT2D eigenvalue weighted by Gasteiger charge is 2.26.